The number of hydrogen-bond acceptors (Lipinski definition) is 4. The van der Waals surface area contributed by atoms with Crippen LogP contribution in [0, 0.1) is 5.82 Å². The number of hydrogen-bond donors (Lipinski definition) is 2. The van der Waals surface area contributed by atoms with Crippen LogP contribution in [0.3, 0.4) is 0 Å². The van der Waals surface area contributed by atoms with Gasteiger partial charge in [0.2, 0.25) is 5.91 Å². The summed E-state index contributed by atoms with van der Waals surface area (Å²) in [7, 11) is 0. The molecule has 2 N–H and O–H groups in total. The Morgan fingerprint density at radius 1 is 1.35 bits per heavy atom. The minimum Gasteiger partial charge on any atom is -0.349 e. The van der Waals surface area contributed by atoms with E-state index in [4.69, 9.17) is 0 Å². The van der Waals surface area contributed by atoms with Crippen LogP contribution < -0.4 is 5.32 Å². The molecule has 7 heteroatoms. The number of rotatable bonds is 5. The minimum absolute atomic E-state index is 0.108. The Balaban J connectivity index is 1.91. The Morgan fingerprint density at radius 2 is 2.05 bits per heavy atom. The van der Waals surface area contributed by atoms with Crippen LogP contribution in [0.5, 0.6) is 0 Å². The first-order valence-corrected chi connectivity index (χ1v) is 7.02. The van der Waals surface area contributed by atoms with Crippen LogP contribution in [0.25, 0.3) is 0 Å². The maximum Gasteiger partial charge on any atom is 0.233 e. The largest absolute Gasteiger partial charge is 0.349 e. The molecule has 0 bridgehead atoms. The van der Waals surface area contributed by atoms with Crippen molar-refractivity contribution in [2.45, 2.75) is 30.3 Å². The van der Waals surface area contributed by atoms with Crippen molar-refractivity contribution >= 4 is 17.7 Å². The van der Waals surface area contributed by atoms with Gasteiger partial charge in [-0.05, 0) is 31.5 Å². The van der Waals surface area contributed by atoms with Crippen molar-refractivity contribution in [1.29, 1.82) is 0 Å². The number of halogens is 1. The highest BCUT2D eigenvalue weighted by Gasteiger charge is 2.18. The SMILES string of the molecule is C[C@H](NC(=O)[C@@H](C)Sc1ncn[nH]1)c1ccc(F)cc1. The number of H-pyrrole nitrogens is 1. The van der Waals surface area contributed by atoms with E-state index >= 15 is 0 Å². The summed E-state index contributed by atoms with van der Waals surface area (Å²) in [6.45, 7) is 3.65. The van der Waals surface area contributed by atoms with Gasteiger partial charge in [-0.2, -0.15) is 5.10 Å². The van der Waals surface area contributed by atoms with Gasteiger partial charge in [0.15, 0.2) is 5.16 Å². The molecule has 2 rings (SSSR count). The average Bonchev–Trinajstić information content (AvgIpc) is 2.92. The highest BCUT2D eigenvalue weighted by molar-refractivity contribution is 8.00. The fraction of sp³-hybridized carbons (Fsp3) is 0.308. The van der Waals surface area contributed by atoms with Crippen molar-refractivity contribution in [3.05, 3.63) is 42.0 Å². The van der Waals surface area contributed by atoms with E-state index in [-0.39, 0.29) is 23.0 Å². The van der Waals surface area contributed by atoms with Crippen LogP contribution in [0.1, 0.15) is 25.5 Å². The summed E-state index contributed by atoms with van der Waals surface area (Å²) in [5.41, 5.74) is 0.858. The molecule has 0 saturated heterocycles. The van der Waals surface area contributed by atoms with Gasteiger partial charge in [-0.1, -0.05) is 23.9 Å². The molecule has 0 radical (unpaired) electrons. The zero-order valence-corrected chi connectivity index (χ0v) is 11.9. The number of carbonyl (C=O) groups is 1. The van der Waals surface area contributed by atoms with Crippen LogP contribution in [-0.4, -0.2) is 26.3 Å². The molecule has 2 aromatic rings. The second-order valence-corrected chi connectivity index (χ2v) is 5.66. The lowest BCUT2D eigenvalue weighted by Crippen LogP contribution is -2.33. The molecule has 106 valence electrons. The fourth-order valence-corrected chi connectivity index (χ4v) is 2.36. The van der Waals surface area contributed by atoms with Crippen molar-refractivity contribution in [1.82, 2.24) is 20.5 Å². The van der Waals surface area contributed by atoms with Gasteiger partial charge in [0, 0.05) is 0 Å². The molecule has 0 fully saturated rings. The van der Waals surface area contributed by atoms with E-state index in [0.717, 1.165) is 5.56 Å². The van der Waals surface area contributed by atoms with Gasteiger partial charge in [0.25, 0.3) is 0 Å². The summed E-state index contributed by atoms with van der Waals surface area (Å²) in [6.07, 6.45) is 1.40. The number of aromatic amines is 1. The third kappa shape index (κ3) is 3.80. The van der Waals surface area contributed by atoms with Crippen LogP contribution in [0.2, 0.25) is 0 Å². The molecule has 0 spiro atoms. The smallest absolute Gasteiger partial charge is 0.233 e. The highest BCUT2D eigenvalue weighted by Crippen LogP contribution is 2.20. The zero-order chi connectivity index (χ0) is 14.5. The predicted octanol–water partition coefficient (Wildman–Crippen LogP) is 2.30. The molecule has 2 atom stereocenters. The molecule has 0 aliphatic carbocycles. The first kappa shape index (κ1) is 14.5. The summed E-state index contributed by atoms with van der Waals surface area (Å²) in [4.78, 5) is 16.0. The van der Waals surface area contributed by atoms with Crippen LogP contribution >= 0.6 is 11.8 Å². The van der Waals surface area contributed by atoms with Crippen molar-refractivity contribution in [3.63, 3.8) is 0 Å². The first-order chi connectivity index (χ1) is 9.56. The molecule has 20 heavy (non-hydrogen) atoms. The Kier molecular flexibility index (Phi) is 4.73. The third-order valence-electron chi connectivity index (χ3n) is 2.78. The Morgan fingerprint density at radius 3 is 2.65 bits per heavy atom. The topological polar surface area (TPSA) is 70.7 Å². The molecule has 0 saturated carbocycles. The molecule has 0 aliphatic rings. The molecule has 5 nitrogen and oxygen atoms in total. The Labute approximate surface area is 120 Å². The van der Waals surface area contributed by atoms with Crippen molar-refractivity contribution < 1.29 is 9.18 Å². The number of nitrogens with zero attached hydrogens (tertiary/aromatic N) is 2. The predicted molar refractivity (Wildman–Crippen MR) is 74.7 cm³/mol. The van der Waals surface area contributed by atoms with E-state index in [9.17, 15) is 9.18 Å². The number of aromatic nitrogens is 3. The standard InChI is InChI=1S/C13H15FN4OS/c1-8(10-3-5-11(14)6-4-10)17-12(19)9(2)20-13-15-7-16-18-13/h3-9H,1-2H3,(H,17,19)(H,15,16,18)/t8-,9+/m0/s1. The Bertz CT molecular complexity index is 558. The number of nitrogens with one attached hydrogen (secondary N) is 2. The van der Waals surface area contributed by atoms with Gasteiger partial charge in [0.05, 0.1) is 11.3 Å². The van der Waals surface area contributed by atoms with E-state index < -0.39 is 0 Å². The summed E-state index contributed by atoms with van der Waals surface area (Å²) < 4.78 is 12.8. The summed E-state index contributed by atoms with van der Waals surface area (Å²) in [5, 5.41) is 9.60. The molecule has 1 amide bonds. The van der Waals surface area contributed by atoms with Crippen molar-refractivity contribution in [3.8, 4) is 0 Å². The summed E-state index contributed by atoms with van der Waals surface area (Å²) >= 11 is 1.30. The quantitative estimate of drug-likeness (QED) is 0.830. The molecular weight excluding hydrogens is 279 g/mol. The van der Waals surface area contributed by atoms with Crippen molar-refractivity contribution in [2.75, 3.05) is 0 Å². The van der Waals surface area contributed by atoms with Gasteiger partial charge in [-0.15, -0.1) is 0 Å². The lowest BCUT2D eigenvalue weighted by atomic mass is 10.1. The molecule has 1 aromatic carbocycles. The minimum atomic E-state index is -0.300. The molecule has 0 aliphatic heterocycles. The first-order valence-electron chi connectivity index (χ1n) is 6.14. The second kappa shape index (κ2) is 6.51. The number of benzene rings is 1. The number of carbonyl (C=O) groups excluding carboxylic acids is 1. The number of thioether (sulfide) groups is 1. The molecular formula is C13H15FN4OS. The normalized spacial score (nSPS) is 13.8. The Hall–Kier alpha value is -1.89. The lowest BCUT2D eigenvalue weighted by molar-refractivity contribution is -0.120. The number of amides is 1. The summed E-state index contributed by atoms with van der Waals surface area (Å²) in [6, 6.07) is 5.90. The molecule has 1 aromatic heterocycles. The monoisotopic (exact) mass is 294 g/mol. The zero-order valence-electron chi connectivity index (χ0n) is 11.1. The van der Waals surface area contributed by atoms with Gasteiger partial charge >= 0.3 is 0 Å². The highest BCUT2D eigenvalue weighted by atomic mass is 32.2. The summed E-state index contributed by atoms with van der Waals surface area (Å²) in [5.74, 6) is -0.398. The van der Waals surface area contributed by atoms with Gasteiger partial charge in [0.1, 0.15) is 12.1 Å². The van der Waals surface area contributed by atoms with Crippen molar-refractivity contribution in [2.24, 2.45) is 0 Å². The van der Waals surface area contributed by atoms with Crippen LogP contribution in [-0.2, 0) is 4.79 Å². The van der Waals surface area contributed by atoms with E-state index in [2.05, 4.69) is 20.5 Å². The molecule has 1 heterocycles. The average molecular weight is 294 g/mol. The molecule has 0 unspecified atom stereocenters. The van der Waals surface area contributed by atoms with Gasteiger partial charge < -0.3 is 5.32 Å². The van der Waals surface area contributed by atoms with E-state index in [0.29, 0.717) is 5.16 Å². The van der Waals surface area contributed by atoms with Crippen LogP contribution in [0.15, 0.2) is 35.7 Å². The second-order valence-electron chi connectivity index (χ2n) is 4.33. The third-order valence-corrected chi connectivity index (χ3v) is 3.77. The maximum atomic E-state index is 12.8. The maximum absolute atomic E-state index is 12.8. The van der Waals surface area contributed by atoms with Crippen LogP contribution in [0.4, 0.5) is 4.39 Å². The van der Waals surface area contributed by atoms with E-state index in [1.807, 2.05) is 6.92 Å². The lowest BCUT2D eigenvalue weighted by Gasteiger charge is -2.17. The van der Waals surface area contributed by atoms with E-state index in [1.165, 1.54) is 30.2 Å². The van der Waals surface area contributed by atoms with Gasteiger partial charge in [-0.3, -0.25) is 9.89 Å². The fourth-order valence-electron chi connectivity index (χ4n) is 1.64. The van der Waals surface area contributed by atoms with Gasteiger partial charge in [-0.25, -0.2) is 9.37 Å². The van der Waals surface area contributed by atoms with E-state index in [1.54, 1.807) is 19.1 Å².